The Morgan fingerprint density at radius 2 is 2.29 bits per heavy atom. The summed E-state index contributed by atoms with van der Waals surface area (Å²) in [7, 11) is 1.43. The average Bonchev–Trinajstić information content (AvgIpc) is 2.37. The van der Waals surface area contributed by atoms with E-state index in [1.807, 2.05) is 12.1 Å². The fourth-order valence-electron chi connectivity index (χ4n) is 2.35. The molecule has 1 heterocycles. The highest BCUT2D eigenvalue weighted by molar-refractivity contribution is 7.98. The van der Waals surface area contributed by atoms with Crippen LogP contribution in [0, 0.1) is 0 Å². The van der Waals surface area contributed by atoms with Crippen molar-refractivity contribution in [3.63, 3.8) is 0 Å². The van der Waals surface area contributed by atoms with Crippen molar-refractivity contribution in [3.05, 3.63) is 29.3 Å². The molecule has 17 heavy (non-hydrogen) atoms. The number of hydrogen-bond donors (Lipinski definition) is 1. The van der Waals surface area contributed by atoms with Crippen molar-refractivity contribution in [2.75, 3.05) is 19.9 Å². The minimum absolute atomic E-state index is 0.212. The van der Waals surface area contributed by atoms with Crippen molar-refractivity contribution < 1.29 is 9.53 Å². The lowest BCUT2D eigenvalue weighted by molar-refractivity contribution is -0.143. The first-order chi connectivity index (χ1) is 8.19. The maximum absolute atomic E-state index is 11.7. The topological polar surface area (TPSA) is 38.3 Å². The minimum atomic E-state index is -0.321. The maximum Gasteiger partial charge on any atom is 0.327 e. The molecule has 2 rings (SSSR count). The van der Waals surface area contributed by atoms with Gasteiger partial charge in [-0.2, -0.15) is 0 Å². The van der Waals surface area contributed by atoms with Gasteiger partial charge in [-0.25, -0.2) is 4.79 Å². The largest absolute Gasteiger partial charge is 0.468 e. The summed E-state index contributed by atoms with van der Waals surface area (Å²) in [6.45, 7) is 2.99. The van der Waals surface area contributed by atoms with Crippen LogP contribution in [0.25, 0.3) is 0 Å². The molecule has 1 aromatic carbocycles. The van der Waals surface area contributed by atoms with E-state index in [2.05, 4.69) is 24.6 Å². The van der Waals surface area contributed by atoms with Gasteiger partial charge < -0.3 is 10.1 Å². The van der Waals surface area contributed by atoms with Crippen molar-refractivity contribution in [1.82, 2.24) is 5.32 Å². The van der Waals surface area contributed by atoms with Crippen molar-refractivity contribution in [2.45, 2.75) is 23.8 Å². The van der Waals surface area contributed by atoms with Gasteiger partial charge in [-0.15, -0.1) is 11.8 Å². The summed E-state index contributed by atoms with van der Waals surface area (Å²) in [5.41, 5.74) is 2.34. The van der Waals surface area contributed by atoms with Crippen molar-refractivity contribution in [2.24, 2.45) is 0 Å². The number of thioether (sulfide) groups is 1. The molecule has 0 aromatic heterocycles. The van der Waals surface area contributed by atoms with Gasteiger partial charge in [0.25, 0.3) is 0 Å². The molecule has 0 bridgehead atoms. The maximum atomic E-state index is 11.7. The van der Waals surface area contributed by atoms with Gasteiger partial charge in [-0.05, 0) is 29.4 Å². The molecule has 0 saturated heterocycles. The molecule has 0 saturated carbocycles. The summed E-state index contributed by atoms with van der Waals surface area (Å²) in [5, 5.41) is 3.24. The lowest BCUT2D eigenvalue weighted by atomic mass is 9.87. The Balaban J connectivity index is 2.49. The fourth-order valence-corrected chi connectivity index (χ4v) is 3.11. The molecule has 4 heteroatoms. The van der Waals surface area contributed by atoms with Gasteiger partial charge in [-0.1, -0.05) is 19.1 Å². The SMILES string of the molecule is COC(=O)C1NCC(C)c2c(SC)cccc21. The number of fused-ring (bicyclic) bond motifs is 1. The minimum Gasteiger partial charge on any atom is -0.468 e. The molecule has 0 radical (unpaired) electrons. The number of nitrogens with one attached hydrogen (secondary N) is 1. The van der Waals surface area contributed by atoms with E-state index in [1.54, 1.807) is 11.8 Å². The molecule has 0 fully saturated rings. The van der Waals surface area contributed by atoms with E-state index < -0.39 is 0 Å². The molecule has 0 spiro atoms. The highest BCUT2D eigenvalue weighted by atomic mass is 32.2. The Bertz CT molecular complexity index is 433. The normalized spacial score (nSPS) is 23.0. The zero-order valence-corrected chi connectivity index (χ0v) is 11.1. The lowest BCUT2D eigenvalue weighted by Gasteiger charge is -2.30. The van der Waals surface area contributed by atoms with Crippen LogP contribution in [-0.4, -0.2) is 25.9 Å². The second-order valence-corrected chi connectivity index (χ2v) is 5.08. The van der Waals surface area contributed by atoms with Crippen molar-refractivity contribution in [1.29, 1.82) is 0 Å². The van der Waals surface area contributed by atoms with Crippen LogP contribution < -0.4 is 5.32 Å². The second-order valence-electron chi connectivity index (χ2n) is 4.23. The average molecular weight is 251 g/mol. The molecular formula is C13H17NO2S. The van der Waals surface area contributed by atoms with E-state index in [0.29, 0.717) is 5.92 Å². The number of esters is 1. The van der Waals surface area contributed by atoms with Crippen LogP contribution in [0.2, 0.25) is 0 Å². The van der Waals surface area contributed by atoms with Crippen LogP contribution in [0.15, 0.2) is 23.1 Å². The summed E-state index contributed by atoms with van der Waals surface area (Å²) in [5.74, 6) is 0.214. The third kappa shape index (κ3) is 2.19. The fraction of sp³-hybridized carbons (Fsp3) is 0.462. The number of methoxy groups -OCH3 is 1. The highest BCUT2D eigenvalue weighted by Gasteiger charge is 2.31. The molecule has 0 amide bonds. The molecule has 1 aliphatic heterocycles. The van der Waals surface area contributed by atoms with Crippen LogP contribution in [-0.2, 0) is 9.53 Å². The molecule has 1 N–H and O–H groups in total. The molecule has 0 aliphatic carbocycles. The van der Waals surface area contributed by atoms with Gasteiger partial charge in [0.05, 0.1) is 7.11 Å². The Morgan fingerprint density at radius 1 is 1.53 bits per heavy atom. The van der Waals surface area contributed by atoms with Crippen LogP contribution >= 0.6 is 11.8 Å². The van der Waals surface area contributed by atoms with Crippen LogP contribution in [0.3, 0.4) is 0 Å². The molecule has 1 aromatic rings. The third-order valence-corrected chi connectivity index (χ3v) is 3.98. The summed E-state index contributed by atoms with van der Waals surface area (Å²) < 4.78 is 4.85. The van der Waals surface area contributed by atoms with Gasteiger partial charge >= 0.3 is 5.97 Å². The number of carbonyl (C=O) groups excluding carboxylic acids is 1. The predicted octanol–water partition coefficient (Wildman–Crippen LogP) is 2.33. The van der Waals surface area contributed by atoms with Crippen molar-refractivity contribution >= 4 is 17.7 Å². The Labute approximate surface area is 106 Å². The van der Waals surface area contributed by atoms with E-state index >= 15 is 0 Å². The molecule has 3 nitrogen and oxygen atoms in total. The quantitative estimate of drug-likeness (QED) is 0.647. The van der Waals surface area contributed by atoms with Crippen LogP contribution in [0.1, 0.15) is 30.0 Å². The van der Waals surface area contributed by atoms with Crippen LogP contribution in [0.4, 0.5) is 0 Å². The monoisotopic (exact) mass is 251 g/mol. The molecular weight excluding hydrogens is 234 g/mol. The van der Waals surface area contributed by atoms with Crippen LogP contribution in [0.5, 0.6) is 0 Å². The molecule has 2 atom stereocenters. The van der Waals surface area contributed by atoms with E-state index in [0.717, 1.165) is 12.1 Å². The summed E-state index contributed by atoms with van der Waals surface area (Å²) in [6.07, 6.45) is 2.07. The standard InChI is InChI=1S/C13H17NO2S/c1-8-7-14-12(13(15)16-2)9-5-4-6-10(17-3)11(8)9/h4-6,8,12,14H,7H2,1-3H3. The number of hydrogen-bond acceptors (Lipinski definition) is 4. The Hall–Kier alpha value is -1.00. The van der Waals surface area contributed by atoms with E-state index in [-0.39, 0.29) is 12.0 Å². The smallest absolute Gasteiger partial charge is 0.327 e. The zero-order valence-electron chi connectivity index (χ0n) is 10.3. The van der Waals surface area contributed by atoms with Crippen molar-refractivity contribution in [3.8, 4) is 0 Å². The third-order valence-electron chi connectivity index (χ3n) is 3.19. The summed E-state index contributed by atoms with van der Waals surface area (Å²) >= 11 is 1.73. The number of rotatable bonds is 2. The van der Waals surface area contributed by atoms with E-state index in [9.17, 15) is 4.79 Å². The Kier molecular flexibility index (Phi) is 3.74. The number of benzene rings is 1. The second kappa shape index (κ2) is 5.10. The first kappa shape index (κ1) is 12.5. The van der Waals surface area contributed by atoms with Gasteiger partial charge in [0.15, 0.2) is 0 Å². The highest BCUT2D eigenvalue weighted by Crippen LogP contribution is 2.36. The van der Waals surface area contributed by atoms with Gasteiger partial charge in [0, 0.05) is 11.4 Å². The number of ether oxygens (including phenoxy) is 1. The molecule has 92 valence electrons. The summed E-state index contributed by atoms with van der Waals surface area (Å²) in [6, 6.07) is 5.80. The predicted molar refractivity (Wildman–Crippen MR) is 69.4 cm³/mol. The van der Waals surface area contributed by atoms with E-state index in [4.69, 9.17) is 4.74 Å². The van der Waals surface area contributed by atoms with Gasteiger partial charge in [0.2, 0.25) is 0 Å². The summed E-state index contributed by atoms with van der Waals surface area (Å²) in [4.78, 5) is 13.0. The van der Waals surface area contributed by atoms with E-state index in [1.165, 1.54) is 17.6 Å². The number of carbonyl (C=O) groups is 1. The molecule has 1 aliphatic rings. The molecule has 2 unspecified atom stereocenters. The lowest BCUT2D eigenvalue weighted by Crippen LogP contribution is -2.37. The first-order valence-corrected chi connectivity index (χ1v) is 6.89. The first-order valence-electron chi connectivity index (χ1n) is 5.67. The Morgan fingerprint density at radius 3 is 2.94 bits per heavy atom. The van der Waals surface area contributed by atoms with Gasteiger partial charge in [0.1, 0.15) is 6.04 Å². The van der Waals surface area contributed by atoms with Gasteiger partial charge in [-0.3, -0.25) is 0 Å². The zero-order chi connectivity index (χ0) is 12.4.